The van der Waals surface area contributed by atoms with Crippen molar-refractivity contribution in [3.63, 3.8) is 0 Å². The first-order chi connectivity index (χ1) is 19.6. The van der Waals surface area contributed by atoms with Crippen molar-refractivity contribution in [2.45, 2.75) is 65.0 Å². The number of anilines is 1. The maximum atomic E-state index is 12.3. The molecule has 3 heterocycles. The third-order valence-corrected chi connectivity index (χ3v) is 7.80. The van der Waals surface area contributed by atoms with Gasteiger partial charge in [0.15, 0.2) is 0 Å². The summed E-state index contributed by atoms with van der Waals surface area (Å²) in [6.45, 7) is 8.63. The number of hydrogen-bond donors (Lipinski definition) is 2. The molecule has 5 rings (SSSR count). The van der Waals surface area contributed by atoms with Gasteiger partial charge in [0.2, 0.25) is 5.91 Å². The first-order valence-electron chi connectivity index (χ1n) is 14.2. The molecule has 2 aliphatic rings. The molecule has 41 heavy (non-hydrogen) atoms. The Kier molecular flexibility index (Phi) is 8.30. The largest absolute Gasteiger partial charge is 0.492 e. The van der Waals surface area contributed by atoms with E-state index in [0.29, 0.717) is 29.1 Å². The number of benzene rings is 1. The van der Waals surface area contributed by atoms with Gasteiger partial charge in [-0.2, -0.15) is 0 Å². The van der Waals surface area contributed by atoms with Crippen molar-refractivity contribution in [1.29, 1.82) is 0 Å². The Bertz CT molecular complexity index is 1460. The van der Waals surface area contributed by atoms with Gasteiger partial charge in [0.05, 0.1) is 18.1 Å². The van der Waals surface area contributed by atoms with Gasteiger partial charge >= 0.3 is 11.7 Å². The van der Waals surface area contributed by atoms with E-state index in [4.69, 9.17) is 19.6 Å². The van der Waals surface area contributed by atoms with Crippen LogP contribution < -0.4 is 21.4 Å². The average molecular weight is 563 g/mol. The smallest absolute Gasteiger partial charge is 0.404 e. The van der Waals surface area contributed by atoms with Crippen LogP contribution in [0.25, 0.3) is 22.1 Å². The minimum atomic E-state index is -0.722. The zero-order valence-corrected chi connectivity index (χ0v) is 23.9. The monoisotopic (exact) mass is 562 g/mol. The summed E-state index contributed by atoms with van der Waals surface area (Å²) in [6.07, 6.45) is 4.93. The highest BCUT2D eigenvalue weighted by Crippen LogP contribution is 2.34. The van der Waals surface area contributed by atoms with Gasteiger partial charge in [-0.3, -0.25) is 9.69 Å². The number of amides is 2. The summed E-state index contributed by atoms with van der Waals surface area (Å²) in [6, 6.07) is 10.9. The molecule has 1 aliphatic heterocycles. The van der Waals surface area contributed by atoms with Crippen LogP contribution >= 0.6 is 0 Å². The number of fused-ring (bicyclic) bond motifs is 1. The van der Waals surface area contributed by atoms with Gasteiger partial charge in [0.1, 0.15) is 23.3 Å². The van der Waals surface area contributed by atoms with E-state index < -0.39 is 11.7 Å². The van der Waals surface area contributed by atoms with Gasteiger partial charge in [-0.25, -0.2) is 14.6 Å². The van der Waals surface area contributed by atoms with E-state index in [0.717, 1.165) is 56.3 Å². The third-order valence-electron chi connectivity index (χ3n) is 7.80. The highest BCUT2D eigenvalue weighted by Gasteiger charge is 2.37. The predicted molar refractivity (Wildman–Crippen MR) is 156 cm³/mol. The molecule has 2 atom stereocenters. The third kappa shape index (κ3) is 7.24. The van der Waals surface area contributed by atoms with E-state index in [1.54, 1.807) is 18.3 Å². The van der Waals surface area contributed by atoms with E-state index in [1.807, 2.05) is 18.2 Å². The molecule has 1 aliphatic carbocycles. The SMILES string of the molecule is CC(C)(C)C1CC(OC(N)=O)CCN1CCCOc1cc(=O)oc2cc(-c3ccc(NC(=O)C4CC4)nc3)ccc12. The number of carbonyl (C=O) groups excluding carboxylic acids is 2. The van der Waals surface area contributed by atoms with Crippen LogP contribution in [0.2, 0.25) is 0 Å². The highest BCUT2D eigenvalue weighted by atomic mass is 16.6. The van der Waals surface area contributed by atoms with Crippen molar-refractivity contribution in [2.24, 2.45) is 17.1 Å². The molecule has 2 amide bonds. The Hall–Kier alpha value is -3.92. The van der Waals surface area contributed by atoms with Crippen LogP contribution in [0, 0.1) is 11.3 Å². The number of aromatic nitrogens is 1. The van der Waals surface area contributed by atoms with Gasteiger partial charge < -0.3 is 24.9 Å². The number of hydrogen-bond acceptors (Lipinski definition) is 8. The molecular formula is C31H38N4O6. The summed E-state index contributed by atoms with van der Waals surface area (Å²) >= 11 is 0. The predicted octanol–water partition coefficient (Wildman–Crippen LogP) is 4.95. The van der Waals surface area contributed by atoms with Crippen molar-refractivity contribution in [3.8, 4) is 16.9 Å². The van der Waals surface area contributed by atoms with Crippen LogP contribution in [0.1, 0.15) is 52.9 Å². The zero-order valence-electron chi connectivity index (χ0n) is 23.9. The Labute approximate surface area is 239 Å². The number of ether oxygens (including phenoxy) is 2. The van der Waals surface area contributed by atoms with Crippen molar-refractivity contribution in [1.82, 2.24) is 9.88 Å². The number of carbonyl (C=O) groups is 2. The molecule has 2 fully saturated rings. The maximum absolute atomic E-state index is 12.3. The summed E-state index contributed by atoms with van der Waals surface area (Å²) in [4.78, 5) is 42.4. The summed E-state index contributed by atoms with van der Waals surface area (Å²) in [5.74, 6) is 1.13. The summed E-state index contributed by atoms with van der Waals surface area (Å²) in [5.41, 5.74) is 6.88. The molecule has 0 radical (unpaired) electrons. The minimum absolute atomic E-state index is 0.00716. The van der Waals surface area contributed by atoms with Crippen LogP contribution in [-0.2, 0) is 9.53 Å². The number of rotatable bonds is 9. The quantitative estimate of drug-likeness (QED) is 0.276. The second-order valence-electron chi connectivity index (χ2n) is 12.0. The normalized spacial score (nSPS) is 19.6. The van der Waals surface area contributed by atoms with Crippen molar-refractivity contribution in [2.75, 3.05) is 25.0 Å². The number of piperidine rings is 1. The molecule has 10 nitrogen and oxygen atoms in total. The fourth-order valence-electron chi connectivity index (χ4n) is 5.52. The number of nitrogens with zero attached hydrogens (tertiary/aromatic N) is 2. The van der Waals surface area contributed by atoms with E-state index in [2.05, 4.69) is 36.0 Å². The van der Waals surface area contributed by atoms with Crippen LogP contribution in [0.15, 0.2) is 51.8 Å². The molecule has 1 saturated carbocycles. The molecule has 3 N–H and O–H groups in total. The van der Waals surface area contributed by atoms with E-state index in [9.17, 15) is 14.4 Å². The number of nitrogens with one attached hydrogen (secondary N) is 1. The molecular weight excluding hydrogens is 524 g/mol. The summed E-state index contributed by atoms with van der Waals surface area (Å²) < 4.78 is 16.9. The molecule has 0 bridgehead atoms. The van der Waals surface area contributed by atoms with Crippen LogP contribution in [-0.4, -0.2) is 53.7 Å². The summed E-state index contributed by atoms with van der Waals surface area (Å²) in [7, 11) is 0. The number of pyridine rings is 1. The minimum Gasteiger partial charge on any atom is -0.492 e. The Balaban J connectivity index is 1.21. The van der Waals surface area contributed by atoms with E-state index >= 15 is 0 Å². The average Bonchev–Trinajstić information content (AvgIpc) is 3.77. The Morgan fingerprint density at radius 2 is 1.90 bits per heavy atom. The van der Waals surface area contributed by atoms with Gasteiger partial charge in [0, 0.05) is 43.2 Å². The molecule has 1 saturated heterocycles. The van der Waals surface area contributed by atoms with Crippen LogP contribution in [0.3, 0.4) is 0 Å². The van der Waals surface area contributed by atoms with Crippen molar-refractivity contribution in [3.05, 3.63) is 53.0 Å². The Morgan fingerprint density at radius 3 is 2.59 bits per heavy atom. The lowest BCUT2D eigenvalue weighted by Crippen LogP contribution is -2.52. The lowest BCUT2D eigenvalue weighted by atomic mass is 9.79. The van der Waals surface area contributed by atoms with E-state index in [1.165, 1.54) is 6.07 Å². The van der Waals surface area contributed by atoms with Gasteiger partial charge in [-0.15, -0.1) is 0 Å². The van der Waals surface area contributed by atoms with Crippen molar-refractivity contribution < 1.29 is 23.5 Å². The topological polar surface area (TPSA) is 137 Å². The van der Waals surface area contributed by atoms with Crippen LogP contribution in [0.4, 0.5) is 10.6 Å². The second kappa shape index (κ2) is 11.9. The Morgan fingerprint density at radius 1 is 1.12 bits per heavy atom. The lowest BCUT2D eigenvalue weighted by molar-refractivity contribution is -0.117. The standard InChI is InChI=1S/C31H38N4O6/c1-31(2,3)26-16-22(40-30(32)38)11-13-35(26)12-4-14-39-24-17-28(36)41-25-15-20(7-9-23(24)25)21-8-10-27(33-18-21)34-29(37)19-5-6-19/h7-10,15,17-19,22,26H,4-6,11-14,16H2,1-3H3,(H2,32,38)(H,33,34,37). The summed E-state index contributed by atoms with van der Waals surface area (Å²) in [5, 5.41) is 3.55. The first-order valence-corrected chi connectivity index (χ1v) is 14.2. The molecule has 1 aromatic carbocycles. The molecule has 218 valence electrons. The van der Waals surface area contributed by atoms with Crippen LogP contribution in [0.5, 0.6) is 5.75 Å². The first kappa shape index (κ1) is 28.6. The second-order valence-corrected chi connectivity index (χ2v) is 12.0. The molecule has 2 aromatic heterocycles. The molecule has 0 spiro atoms. The van der Waals surface area contributed by atoms with Gasteiger partial charge in [-0.1, -0.05) is 26.8 Å². The molecule has 2 unspecified atom stereocenters. The van der Waals surface area contributed by atoms with Gasteiger partial charge in [-0.05, 0) is 60.9 Å². The number of nitrogens with two attached hydrogens (primary N) is 1. The number of primary amides is 1. The number of likely N-dealkylation sites (tertiary alicyclic amines) is 1. The lowest BCUT2D eigenvalue weighted by Gasteiger charge is -2.45. The van der Waals surface area contributed by atoms with E-state index in [-0.39, 0.29) is 29.4 Å². The fraction of sp³-hybridized carbons (Fsp3) is 0.484. The maximum Gasteiger partial charge on any atom is 0.404 e. The fourth-order valence-corrected chi connectivity index (χ4v) is 5.52. The zero-order chi connectivity index (χ0) is 29.1. The highest BCUT2D eigenvalue weighted by molar-refractivity contribution is 5.93. The van der Waals surface area contributed by atoms with Gasteiger partial charge in [0.25, 0.3) is 0 Å². The molecule has 3 aromatic rings. The molecule has 10 heteroatoms. The van der Waals surface area contributed by atoms with Crippen molar-refractivity contribution >= 4 is 28.8 Å².